The third kappa shape index (κ3) is 2.79. The van der Waals surface area contributed by atoms with E-state index in [1.54, 1.807) is 6.07 Å². The number of imidazole rings is 1. The van der Waals surface area contributed by atoms with Crippen molar-refractivity contribution in [3.8, 4) is 0 Å². The van der Waals surface area contributed by atoms with Gasteiger partial charge in [0.25, 0.3) is 0 Å². The van der Waals surface area contributed by atoms with Gasteiger partial charge in [0.2, 0.25) is 0 Å². The maximum Gasteiger partial charge on any atom is 0.125 e. The van der Waals surface area contributed by atoms with Crippen LogP contribution in [0.5, 0.6) is 0 Å². The largest absolute Gasteiger partial charge is 0.324 e. The first-order valence-electron chi connectivity index (χ1n) is 6.95. The van der Waals surface area contributed by atoms with Crippen molar-refractivity contribution in [2.45, 2.75) is 25.3 Å². The predicted molar refractivity (Wildman–Crippen MR) is 84.1 cm³/mol. The van der Waals surface area contributed by atoms with Crippen LogP contribution in [0.4, 0.5) is 4.39 Å². The van der Waals surface area contributed by atoms with Gasteiger partial charge in [-0.3, -0.25) is 0 Å². The molecule has 0 aliphatic rings. The summed E-state index contributed by atoms with van der Waals surface area (Å²) in [6, 6.07) is 15.2. The van der Waals surface area contributed by atoms with Gasteiger partial charge in [0.05, 0.1) is 16.9 Å². The Bertz CT molecular complexity index is 752. The lowest BCUT2D eigenvalue weighted by atomic mass is 10.1. The minimum Gasteiger partial charge on any atom is -0.324 e. The number of fused-ring (bicyclic) bond motifs is 1. The summed E-state index contributed by atoms with van der Waals surface area (Å²) < 4.78 is 15.5. The second-order valence-corrected chi connectivity index (χ2v) is 5.47. The van der Waals surface area contributed by atoms with Gasteiger partial charge in [-0.1, -0.05) is 30.3 Å². The van der Waals surface area contributed by atoms with Crippen molar-refractivity contribution in [1.29, 1.82) is 0 Å². The highest BCUT2D eigenvalue weighted by Crippen LogP contribution is 2.25. The van der Waals surface area contributed by atoms with E-state index in [0.717, 1.165) is 17.8 Å². The molecule has 0 aliphatic carbocycles. The van der Waals surface area contributed by atoms with Crippen LogP contribution in [0.25, 0.3) is 11.0 Å². The minimum absolute atomic E-state index is 0.205. The van der Waals surface area contributed by atoms with E-state index in [1.807, 2.05) is 18.2 Å². The molecule has 0 aliphatic heterocycles. The Kier molecular flexibility index (Phi) is 3.93. The molecule has 3 aromatic rings. The van der Waals surface area contributed by atoms with Crippen LogP contribution in [0.3, 0.4) is 0 Å². The number of hydrogen-bond acceptors (Lipinski definition) is 1. The maximum absolute atomic E-state index is 13.3. The molecule has 1 atom stereocenters. The summed E-state index contributed by atoms with van der Waals surface area (Å²) in [4.78, 5) is 4.45. The molecule has 0 amide bonds. The number of aromatic nitrogens is 2. The molecule has 2 nitrogen and oxygen atoms in total. The van der Waals surface area contributed by atoms with Crippen molar-refractivity contribution in [2.75, 3.05) is 0 Å². The number of alkyl halides is 1. The lowest BCUT2D eigenvalue weighted by Crippen LogP contribution is -2.11. The zero-order valence-corrected chi connectivity index (χ0v) is 12.5. The summed E-state index contributed by atoms with van der Waals surface area (Å²) in [5.74, 6) is 0.819. The molecule has 0 saturated heterocycles. The van der Waals surface area contributed by atoms with E-state index in [9.17, 15) is 4.39 Å². The molecule has 0 N–H and O–H groups in total. The number of nitrogens with zero attached hydrogens (tertiary/aromatic N) is 2. The van der Waals surface area contributed by atoms with Crippen LogP contribution in [-0.4, -0.2) is 9.55 Å². The van der Waals surface area contributed by atoms with Gasteiger partial charge in [-0.15, -0.1) is 11.6 Å². The molecule has 1 heterocycles. The van der Waals surface area contributed by atoms with Crippen LogP contribution in [0.1, 0.15) is 24.4 Å². The first-order chi connectivity index (χ1) is 10.2. The second-order valence-electron chi connectivity index (χ2n) is 5.20. The van der Waals surface area contributed by atoms with Crippen LogP contribution in [-0.2, 0) is 12.3 Å². The fourth-order valence-corrected chi connectivity index (χ4v) is 2.94. The summed E-state index contributed by atoms with van der Waals surface area (Å²) >= 11 is 6.01. The zero-order valence-electron chi connectivity index (χ0n) is 11.8. The molecule has 21 heavy (non-hydrogen) atoms. The quantitative estimate of drug-likeness (QED) is 0.638. The van der Waals surface area contributed by atoms with Crippen LogP contribution < -0.4 is 0 Å². The van der Waals surface area contributed by atoms with Crippen molar-refractivity contribution < 1.29 is 4.39 Å². The van der Waals surface area contributed by atoms with Crippen molar-refractivity contribution in [1.82, 2.24) is 9.55 Å². The van der Waals surface area contributed by atoms with E-state index in [4.69, 9.17) is 11.6 Å². The van der Waals surface area contributed by atoms with Gasteiger partial charge in [-0.2, -0.15) is 0 Å². The van der Waals surface area contributed by atoms with Crippen LogP contribution in [0.2, 0.25) is 0 Å². The Hall–Kier alpha value is -1.87. The molecule has 0 fully saturated rings. The molecule has 1 unspecified atom stereocenters. The Morgan fingerprint density at radius 1 is 1.19 bits per heavy atom. The molecule has 3 rings (SSSR count). The van der Waals surface area contributed by atoms with E-state index in [-0.39, 0.29) is 11.9 Å². The van der Waals surface area contributed by atoms with Crippen molar-refractivity contribution in [2.24, 2.45) is 0 Å². The molecule has 0 saturated carbocycles. The Balaban J connectivity index is 2.02. The SMILES string of the molecule is CC(Cc1ccccc1)n1c(CCl)nc2cc(F)ccc21. The summed E-state index contributed by atoms with van der Waals surface area (Å²) in [6.07, 6.45) is 0.883. The normalized spacial score (nSPS) is 12.7. The lowest BCUT2D eigenvalue weighted by molar-refractivity contribution is 0.543. The van der Waals surface area contributed by atoms with Crippen molar-refractivity contribution >= 4 is 22.6 Å². The molecule has 1 aromatic heterocycles. The third-order valence-electron chi connectivity index (χ3n) is 3.66. The molecular formula is C17H16ClFN2. The lowest BCUT2D eigenvalue weighted by Gasteiger charge is -2.17. The smallest absolute Gasteiger partial charge is 0.125 e. The topological polar surface area (TPSA) is 17.8 Å². The minimum atomic E-state index is -0.274. The molecule has 2 aromatic carbocycles. The second kappa shape index (κ2) is 5.86. The number of halogens is 2. The fourth-order valence-electron chi connectivity index (χ4n) is 2.75. The Morgan fingerprint density at radius 2 is 1.95 bits per heavy atom. The van der Waals surface area contributed by atoms with Crippen molar-refractivity contribution in [3.63, 3.8) is 0 Å². The highest BCUT2D eigenvalue weighted by atomic mass is 35.5. The van der Waals surface area contributed by atoms with E-state index >= 15 is 0 Å². The van der Waals surface area contributed by atoms with E-state index < -0.39 is 0 Å². The maximum atomic E-state index is 13.3. The van der Waals surface area contributed by atoms with Gasteiger partial charge in [0, 0.05) is 12.1 Å². The molecule has 108 valence electrons. The van der Waals surface area contributed by atoms with Crippen LogP contribution >= 0.6 is 11.6 Å². The van der Waals surface area contributed by atoms with E-state index in [2.05, 4.69) is 28.6 Å². The van der Waals surface area contributed by atoms with E-state index in [1.165, 1.54) is 17.7 Å². The molecular weight excluding hydrogens is 287 g/mol. The van der Waals surface area contributed by atoms with Crippen LogP contribution in [0, 0.1) is 5.82 Å². The number of hydrogen-bond donors (Lipinski definition) is 0. The first kappa shape index (κ1) is 14.1. The monoisotopic (exact) mass is 302 g/mol. The van der Waals surface area contributed by atoms with Crippen LogP contribution in [0.15, 0.2) is 48.5 Å². The molecule has 0 spiro atoms. The molecule has 0 radical (unpaired) electrons. The van der Waals surface area contributed by atoms with Gasteiger partial charge in [-0.25, -0.2) is 9.37 Å². The standard InChI is InChI=1S/C17H16ClFN2/c1-12(9-13-5-3-2-4-6-13)21-16-8-7-14(19)10-15(16)20-17(21)11-18/h2-8,10,12H,9,11H2,1H3. The summed E-state index contributed by atoms with van der Waals surface area (Å²) in [5.41, 5.74) is 2.84. The summed E-state index contributed by atoms with van der Waals surface area (Å²) in [6.45, 7) is 2.13. The Morgan fingerprint density at radius 3 is 2.67 bits per heavy atom. The average Bonchev–Trinajstić information content (AvgIpc) is 2.85. The first-order valence-corrected chi connectivity index (χ1v) is 7.48. The highest BCUT2D eigenvalue weighted by Gasteiger charge is 2.16. The summed E-state index contributed by atoms with van der Waals surface area (Å²) in [5, 5.41) is 0. The Labute approximate surface area is 128 Å². The van der Waals surface area contributed by atoms with E-state index in [0.29, 0.717) is 11.4 Å². The van der Waals surface area contributed by atoms with Gasteiger partial charge in [-0.05, 0) is 31.0 Å². The zero-order chi connectivity index (χ0) is 14.8. The summed E-state index contributed by atoms with van der Waals surface area (Å²) in [7, 11) is 0. The third-order valence-corrected chi connectivity index (χ3v) is 3.90. The number of benzene rings is 2. The van der Waals surface area contributed by atoms with Gasteiger partial charge in [0.1, 0.15) is 11.6 Å². The highest BCUT2D eigenvalue weighted by molar-refractivity contribution is 6.16. The number of rotatable bonds is 4. The van der Waals surface area contributed by atoms with Gasteiger partial charge >= 0.3 is 0 Å². The van der Waals surface area contributed by atoms with Gasteiger partial charge < -0.3 is 4.57 Å². The van der Waals surface area contributed by atoms with Gasteiger partial charge in [0.15, 0.2) is 0 Å². The predicted octanol–water partition coefficient (Wildman–Crippen LogP) is 4.72. The van der Waals surface area contributed by atoms with Crippen molar-refractivity contribution in [3.05, 3.63) is 65.7 Å². The molecule has 0 bridgehead atoms. The molecule has 4 heteroatoms. The average molecular weight is 303 g/mol. The fraction of sp³-hybridized carbons (Fsp3) is 0.235.